The predicted octanol–water partition coefficient (Wildman–Crippen LogP) is 6.10. The van der Waals surface area contributed by atoms with Crippen LogP contribution in [0, 0.1) is 6.92 Å². The summed E-state index contributed by atoms with van der Waals surface area (Å²) >= 11 is 6.61. The molecule has 4 aromatic rings. The summed E-state index contributed by atoms with van der Waals surface area (Å²) in [5, 5.41) is 9.93. The van der Waals surface area contributed by atoms with Crippen molar-refractivity contribution in [3.05, 3.63) is 82.0 Å². The fourth-order valence-electron chi connectivity index (χ4n) is 3.87. The molecular formula is C25H20ClN3O3. The highest BCUT2D eigenvalue weighted by atomic mass is 35.5. The standard InChI is InChI=1S/C25H20ClN3O3/c1-14-3-6-18(10-19(14)24(30)31)32-25-27-22-11-20(21(26)12-23(22)28-25)16-4-5-17-13-29(2)8-7-15(17)9-16/h3-12H,13H2,1-2H3,(H,27,28)(H,30,31). The molecule has 0 saturated heterocycles. The quantitative estimate of drug-likeness (QED) is 0.397. The summed E-state index contributed by atoms with van der Waals surface area (Å²) in [4.78, 5) is 21.1. The minimum Gasteiger partial charge on any atom is -0.478 e. The Bertz CT molecular complexity index is 1410. The van der Waals surface area contributed by atoms with Crippen LogP contribution in [-0.2, 0) is 6.54 Å². The van der Waals surface area contributed by atoms with Gasteiger partial charge in [0.15, 0.2) is 0 Å². The van der Waals surface area contributed by atoms with Gasteiger partial charge in [-0.15, -0.1) is 0 Å². The second-order valence-corrected chi connectivity index (χ2v) is 8.33. The number of imidazole rings is 1. The molecule has 0 saturated carbocycles. The molecule has 3 aromatic carbocycles. The van der Waals surface area contributed by atoms with Crippen molar-refractivity contribution in [3.63, 3.8) is 0 Å². The Balaban J connectivity index is 1.49. The van der Waals surface area contributed by atoms with Gasteiger partial charge in [-0.25, -0.2) is 4.79 Å². The van der Waals surface area contributed by atoms with E-state index in [-0.39, 0.29) is 11.6 Å². The third-order valence-corrected chi connectivity index (χ3v) is 5.90. The summed E-state index contributed by atoms with van der Waals surface area (Å²) in [6.45, 7) is 2.62. The third-order valence-electron chi connectivity index (χ3n) is 5.59. The van der Waals surface area contributed by atoms with E-state index in [2.05, 4.69) is 52.4 Å². The van der Waals surface area contributed by atoms with Crippen LogP contribution >= 0.6 is 11.6 Å². The molecule has 6 nitrogen and oxygen atoms in total. The Kier molecular flexibility index (Phi) is 4.87. The molecule has 0 amide bonds. The maximum absolute atomic E-state index is 11.4. The van der Waals surface area contributed by atoms with Crippen LogP contribution in [0.4, 0.5) is 0 Å². The number of carbonyl (C=O) groups is 1. The largest absolute Gasteiger partial charge is 0.478 e. The fraction of sp³-hybridized carbons (Fsp3) is 0.120. The molecule has 160 valence electrons. The highest BCUT2D eigenvalue weighted by molar-refractivity contribution is 6.34. The maximum Gasteiger partial charge on any atom is 0.336 e. The molecule has 32 heavy (non-hydrogen) atoms. The molecule has 2 heterocycles. The van der Waals surface area contributed by atoms with Gasteiger partial charge in [-0.05, 0) is 71.8 Å². The highest BCUT2D eigenvalue weighted by Crippen LogP contribution is 2.35. The first-order valence-electron chi connectivity index (χ1n) is 10.1. The first-order chi connectivity index (χ1) is 15.4. The molecule has 0 bridgehead atoms. The number of benzene rings is 3. The van der Waals surface area contributed by atoms with E-state index in [9.17, 15) is 9.90 Å². The van der Waals surface area contributed by atoms with Gasteiger partial charge in [0.25, 0.3) is 6.01 Å². The summed E-state index contributed by atoms with van der Waals surface area (Å²) in [6.07, 6.45) is 4.16. The zero-order chi connectivity index (χ0) is 22.4. The molecule has 0 unspecified atom stereocenters. The summed E-state index contributed by atoms with van der Waals surface area (Å²) in [5.41, 5.74) is 6.64. The molecule has 2 N–H and O–H groups in total. The fourth-order valence-corrected chi connectivity index (χ4v) is 4.15. The number of H-pyrrole nitrogens is 1. The van der Waals surface area contributed by atoms with Crippen LogP contribution < -0.4 is 4.74 Å². The molecular weight excluding hydrogens is 426 g/mol. The van der Waals surface area contributed by atoms with Gasteiger partial charge in [-0.2, -0.15) is 4.98 Å². The van der Waals surface area contributed by atoms with Gasteiger partial charge in [-0.1, -0.05) is 29.8 Å². The van der Waals surface area contributed by atoms with Crippen molar-refractivity contribution in [2.45, 2.75) is 13.5 Å². The van der Waals surface area contributed by atoms with E-state index in [0.717, 1.165) is 23.2 Å². The van der Waals surface area contributed by atoms with E-state index in [4.69, 9.17) is 16.3 Å². The Hall–Kier alpha value is -3.77. The van der Waals surface area contributed by atoms with Gasteiger partial charge in [0.1, 0.15) is 5.75 Å². The molecule has 7 heteroatoms. The van der Waals surface area contributed by atoms with Crippen LogP contribution in [0.25, 0.3) is 28.2 Å². The van der Waals surface area contributed by atoms with Crippen LogP contribution in [-0.4, -0.2) is 33.0 Å². The number of rotatable bonds is 4. The lowest BCUT2D eigenvalue weighted by atomic mass is 9.97. The summed E-state index contributed by atoms with van der Waals surface area (Å²) in [5.74, 6) is -0.606. The van der Waals surface area contributed by atoms with Gasteiger partial charge < -0.3 is 19.7 Å². The first-order valence-corrected chi connectivity index (χ1v) is 10.5. The number of carboxylic acid groups (broad SMARTS) is 1. The Labute approximate surface area is 189 Å². The Morgan fingerprint density at radius 2 is 2.03 bits per heavy atom. The van der Waals surface area contributed by atoms with Crippen LogP contribution in [0.3, 0.4) is 0 Å². The zero-order valence-electron chi connectivity index (χ0n) is 17.5. The number of nitrogens with zero attached hydrogens (tertiary/aromatic N) is 2. The molecule has 0 atom stereocenters. The average Bonchev–Trinajstić information content (AvgIpc) is 3.15. The number of hydrogen-bond donors (Lipinski definition) is 2. The molecule has 0 spiro atoms. The van der Waals surface area contributed by atoms with Gasteiger partial charge >= 0.3 is 5.97 Å². The van der Waals surface area contributed by atoms with Crippen molar-refractivity contribution in [2.75, 3.05) is 7.05 Å². The SMILES string of the molecule is Cc1ccc(Oc2nc3cc(-c4ccc5c(c4)C=CN(C)C5)c(Cl)cc3[nH]2)cc1C(=O)O. The first kappa shape index (κ1) is 20.2. The molecule has 0 aliphatic carbocycles. The number of aryl methyl sites for hydroxylation is 1. The topological polar surface area (TPSA) is 78.5 Å². The number of aromatic nitrogens is 2. The van der Waals surface area contributed by atoms with E-state index < -0.39 is 5.97 Å². The lowest BCUT2D eigenvalue weighted by Gasteiger charge is -2.21. The second kappa shape index (κ2) is 7.73. The van der Waals surface area contributed by atoms with Crippen LogP contribution in [0.15, 0.2) is 54.7 Å². The number of aromatic amines is 1. The molecule has 1 aliphatic heterocycles. The van der Waals surface area contributed by atoms with E-state index >= 15 is 0 Å². The van der Waals surface area contributed by atoms with Gasteiger partial charge in [-0.3, -0.25) is 0 Å². The van der Waals surface area contributed by atoms with Gasteiger partial charge in [0, 0.05) is 19.2 Å². The normalized spacial score (nSPS) is 12.8. The summed E-state index contributed by atoms with van der Waals surface area (Å²) in [7, 11) is 2.05. The van der Waals surface area contributed by atoms with E-state index in [1.165, 1.54) is 17.2 Å². The lowest BCUT2D eigenvalue weighted by molar-refractivity contribution is 0.0695. The van der Waals surface area contributed by atoms with E-state index in [1.807, 2.05) is 12.1 Å². The van der Waals surface area contributed by atoms with Crippen LogP contribution in [0.1, 0.15) is 27.0 Å². The Morgan fingerprint density at radius 1 is 1.19 bits per heavy atom. The maximum atomic E-state index is 11.4. The van der Waals surface area contributed by atoms with Crippen molar-refractivity contribution >= 4 is 34.7 Å². The number of carboxylic acids is 1. The molecule has 1 aromatic heterocycles. The van der Waals surface area contributed by atoms with E-state index in [1.54, 1.807) is 19.1 Å². The van der Waals surface area contributed by atoms with Crippen molar-refractivity contribution in [1.82, 2.24) is 14.9 Å². The molecule has 0 fully saturated rings. The minimum absolute atomic E-state index is 0.191. The Morgan fingerprint density at radius 3 is 2.84 bits per heavy atom. The van der Waals surface area contributed by atoms with Crippen molar-refractivity contribution in [1.29, 1.82) is 0 Å². The number of ether oxygens (including phenoxy) is 1. The number of fused-ring (bicyclic) bond motifs is 2. The van der Waals surface area contributed by atoms with Crippen molar-refractivity contribution in [2.24, 2.45) is 0 Å². The molecule has 1 aliphatic rings. The number of nitrogens with one attached hydrogen (secondary N) is 1. The lowest BCUT2D eigenvalue weighted by Crippen LogP contribution is -2.14. The summed E-state index contributed by atoms with van der Waals surface area (Å²) in [6, 6.07) is 15.3. The number of halogens is 1. The van der Waals surface area contributed by atoms with Gasteiger partial charge in [0.05, 0.1) is 21.6 Å². The summed E-state index contributed by atoms with van der Waals surface area (Å²) < 4.78 is 5.79. The molecule has 0 radical (unpaired) electrons. The zero-order valence-corrected chi connectivity index (χ0v) is 18.3. The van der Waals surface area contributed by atoms with Crippen LogP contribution in [0.5, 0.6) is 11.8 Å². The van der Waals surface area contributed by atoms with Gasteiger partial charge in [0.2, 0.25) is 0 Å². The minimum atomic E-state index is -1.000. The molecule has 5 rings (SSSR count). The van der Waals surface area contributed by atoms with Crippen LogP contribution in [0.2, 0.25) is 5.02 Å². The average molecular weight is 446 g/mol. The van der Waals surface area contributed by atoms with E-state index in [0.29, 0.717) is 21.9 Å². The second-order valence-electron chi connectivity index (χ2n) is 7.92. The number of hydrogen-bond acceptors (Lipinski definition) is 4. The smallest absolute Gasteiger partial charge is 0.336 e. The number of aromatic carboxylic acids is 1. The predicted molar refractivity (Wildman–Crippen MR) is 125 cm³/mol. The van der Waals surface area contributed by atoms with Crippen molar-refractivity contribution < 1.29 is 14.6 Å². The monoisotopic (exact) mass is 445 g/mol. The van der Waals surface area contributed by atoms with Crippen molar-refractivity contribution in [3.8, 4) is 22.9 Å². The third kappa shape index (κ3) is 3.69. The highest BCUT2D eigenvalue weighted by Gasteiger charge is 2.15.